The Bertz CT molecular complexity index is 359. The van der Waals surface area contributed by atoms with Crippen LogP contribution in [0.3, 0.4) is 0 Å². The molecule has 0 aliphatic rings. The molecule has 2 nitrogen and oxygen atoms in total. The van der Waals surface area contributed by atoms with Crippen molar-refractivity contribution in [2.45, 2.75) is 12.3 Å². The molecule has 0 N–H and O–H groups in total. The molecule has 0 fully saturated rings. The Labute approximate surface area is 92.4 Å². The van der Waals surface area contributed by atoms with Crippen LogP contribution in [0.4, 0.5) is 8.78 Å². The first-order valence-electron chi connectivity index (χ1n) is 3.58. The van der Waals surface area contributed by atoms with Crippen LogP contribution in [0.15, 0.2) is 10.7 Å². The van der Waals surface area contributed by atoms with Gasteiger partial charge in [0.1, 0.15) is 10.3 Å². The number of nitrogens with zero attached hydrogens (tertiary/aromatic N) is 1. The van der Waals surface area contributed by atoms with Crippen molar-refractivity contribution >= 4 is 33.8 Å². The van der Waals surface area contributed by atoms with Crippen molar-refractivity contribution in [1.82, 2.24) is 4.98 Å². The molecule has 0 saturated heterocycles. The summed E-state index contributed by atoms with van der Waals surface area (Å²) in [6.07, 6.45) is -2.42. The van der Waals surface area contributed by atoms with Crippen LogP contribution in [-0.2, 0) is 5.88 Å². The lowest BCUT2D eigenvalue weighted by molar-refractivity contribution is 0.110. The SMILES string of the molecule is O=Cc1cc(CCl)c(Br)nc1C(F)F. The maximum Gasteiger partial charge on any atom is 0.281 e. The Hall–Kier alpha value is -0.550. The Balaban J connectivity index is 3.31. The molecule has 1 aromatic rings. The van der Waals surface area contributed by atoms with Crippen molar-refractivity contribution in [2.75, 3.05) is 0 Å². The highest BCUT2D eigenvalue weighted by Crippen LogP contribution is 2.25. The summed E-state index contributed by atoms with van der Waals surface area (Å²) in [5.41, 5.74) is -0.141. The summed E-state index contributed by atoms with van der Waals surface area (Å²) < 4.78 is 25.0. The van der Waals surface area contributed by atoms with Gasteiger partial charge in [-0.2, -0.15) is 0 Å². The van der Waals surface area contributed by atoms with Gasteiger partial charge in [-0.3, -0.25) is 4.79 Å². The van der Waals surface area contributed by atoms with E-state index in [-0.39, 0.29) is 16.0 Å². The number of carbonyl (C=O) groups excluding carboxylic acids is 1. The predicted molar refractivity (Wildman–Crippen MR) is 51.8 cm³/mol. The van der Waals surface area contributed by atoms with Gasteiger partial charge in [-0.15, -0.1) is 11.6 Å². The molecule has 1 aromatic heterocycles. The average Bonchev–Trinajstić information content (AvgIpc) is 2.17. The number of aldehydes is 1. The Morgan fingerprint density at radius 1 is 1.64 bits per heavy atom. The standard InChI is InChI=1S/C8H5BrClF2NO/c9-7-4(2-10)1-5(3-14)6(13-7)8(11)12/h1,3,8H,2H2. The minimum absolute atomic E-state index is 0.109. The molecular weight excluding hydrogens is 279 g/mol. The summed E-state index contributed by atoms with van der Waals surface area (Å²) in [6.45, 7) is 0. The van der Waals surface area contributed by atoms with Crippen molar-refractivity contribution in [1.29, 1.82) is 0 Å². The Kier molecular flexibility index (Phi) is 3.95. The minimum Gasteiger partial charge on any atom is -0.298 e. The van der Waals surface area contributed by atoms with Gasteiger partial charge in [0.2, 0.25) is 0 Å². The molecule has 0 bridgehead atoms. The van der Waals surface area contributed by atoms with E-state index < -0.39 is 12.1 Å². The molecule has 0 radical (unpaired) electrons. The van der Waals surface area contributed by atoms with Crippen LogP contribution in [0.5, 0.6) is 0 Å². The van der Waals surface area contributed by atoms with Crippen molar-refractivity contribution in [3.63, 3.8) is 0 Å². The molecule has 14 heavy (non-hydrogen) atoms. The first-order chi connectivity index (χ1) is 6.60. The number of aromatic nitrogens is 1. The van der Waals surface area contributed by atoms with E-state index in [0.717, 1.165) is 0 Å². The monoisotopic (exact) mass is 283 g/mol. The molecule has 76 valence electrons. The highest BCUT2D eigenvalue weighted by molar-refractivity contribution is 9.10. The van der Waals surface area contributed by atoms with Crippen LogP contribution in [-0.4, -0.2) is 11.3 Å². The number of pyridine rings is 1. The van der Waals surface area contributed by atoms with E-state index in [1.54, 1.807) is 0 Å². The molecule has 0 atom stereocenters. The molecule has 0 unspecified atom stereocenters. The van der Waals surface area contributed by atoms with E-state index in [1.807, 2.05) is 0 Å². The topological polar surface area (TPSA) is 30.0 Å². The first-order valence-corrected chi connectivity index (χ1v) is 4.91. The molecule has 0 spiro atoms. The molecular formula is C8H5BrClF2NO. The van der Waals surface area contributed by atoms with Gasteiger partial charge in [0, 0.05) is 11.1 Å². The van der Waals surface area contributed by atoms with Gasteiger partial charge >= 0.3 is 0 Å². The molecule has 0 aliphatic carbocycles. The molecule has 0 aromatic carbocycles. The van der Waals surface area contributed by atoms with Crippen molar-refractivity contribution in [3.05, 3.63) is 27.5 Å². The third-order valence-electron chi connectivity index (χ3n) is 1.59. The summed E-state index contributed by atoms with van der Waals surface area (Å²) in [4.78, 5) is 14.0. The van der Waals surface area contributed by atoms with E-state index in [0.29, 0.717) is 11.8 Å². The molecule has 1 rings (SSSR count). The highest BCUT2D eigenvalue weighted by atomic mass is 79.9. The van der Waals surface area contributed by atoms with Gasteiger partial charge in [0.05, 0.1) is 5.88 Å². The number of hydrogen-bond acceptors (Lipinski definition) is 2. The summed E-state index contributed by atoms with van der Waals surface area (Å²) in [6, 6.07) is 1.30. The zero-order chi connectivity index (χ0) is 10.7. The fraction of sp³-hybridized carbons (Fsp3) is 0.250. The van der Waals surface area contributed by atoms with Gasteiger partial charge < -0.3 is 0 Å². The van der Waals surface area contributed by atoms with Crippen LogP contribution in [0, 0.1) is 0 Å². The van der Waals surface area contributed by atoms with Gasteiger partial charge in [0.25, 0.3) is 6.43 Å². The second kappa shape index (κ2) is 4.79. The summed E-state index contributed by atoms with van der Waals surface area (Å²) >= 11 is 8.51. The smallest absolute Gasteiger partial charge is 0.281 e. The zero-order valence-electron chi connectivity index (χ0n) is 6.81. The maximum atomic E-state index is 12.4. The lowest BCUT2D eigenvalue weighted by Crippen LogP contribution is -2.00. The molecule has 0 saturated carbocycles. The van der Waals surface area contributed by atoms with Crippen molar-refractivity contribution in [2.24, 2.45) is 0 Å². The number of alkyl halides is 3. The summed E-state index contributed by atoms with van der Waals surface area (Å²) in [7, 11) is 0. The lowest BCUT2D eigenvalue weighted by atomic mass is 10.1. The summed E-state index contributed by atoms with van der Waals surface area (Å²) in [5, 5.41) is 0. The van der Waals surface area contributed by atoms with Gasteiger partial charge in [-0.25, -0.2) is 13.8 Å². The molecule has 1 heterocycles. The first kappa shape index (κ1) is 11.5. The van der Waals surface area contributed by atoms with Gasteiger partial charge in [-0.1, -0.05) is 0 Å². The zero-order valence-corrected chi connectivity index (χ0v) is 9.15. The quantitative estimate of drug-likeness (QED) is 0.484. The normalized spacial score (nSPS) is 10.6. The minimum atomic E-state index is -2.77. The van der Waals surface area contributed by atoms with Crippen LogP contribution < -0.4 is 0 Å². The van der Waals surface area contributed by atoms with E-state index in [1.165, 1.54) is 6.07 Å². The van der Waals surface area contributed by atoms with E-state index in [4.69, 9.17) is 11.6 Å². The van der Waals surface area contributed by atoms with Crippen LogP contribution >= 0.6 is 27.5 Å². The number of rotatable bonds is 3. The van der Waals surface area contributed by atoms with Gasteiger partial charge in [0.15, 0.2) is 6.29 Å². The molecule has 6 heteroatoms. The second-order valence-electron chi connectivity index (χ2n) is 2.46. The van der Waals surface area contributed by atoms with Crippen LogP contribution in [0.2, 0.25) is 0 Å². The largest absolute Gasteiger partial charge is 0.298 e. The second-order valence-corrected chi connectivity index (χ2v) is 3.48. The third kappa shape index (κ3) is 2.27. The lowest BCUT2D eigenvalue weighted by Gasteiger charge is -2.06. The summed E-state index contributed by atoms with van der Waals surface area (Å²) in [5.74, 6) is 0.109. The fourth-order valence-electron chi connectivity index (χ4n) is 0.926. The number of carbonyl (C=O) groups is 1. The van der Waals surface area contributed by atoms with E-state index in [2.05, 4.69) is 20.9 Å². The van der Waals surface area contributed by atoms with Crippen LogP contribution in [0.1, 0.15) is 28.0 Å². The van der Waals surface area contributed by atoms with Crippen molar-refractivity contribution < 1.29 is 13.6 Å². The van der Waals surface area contributed by atoms with Crippen LogP contribution in [0.25, 0.3) is 0 Å². The fourth-order valence-corrected chi connectivity index (χ4v) is 1.74. The molecule has 0 amide bonds. The average molecular weight is 284 g/mol. The Morgan fingerprint density at radius 2 is 2.29 bits per heavy atom. The maximum absolute atomic E-state index is 12.4. The van der Waals surface area contributed by atoms with E-state index >= 15 is 0 Å². The van der Waals surface area contributed by atoms with Gasteiger partial charge in [-0.05, 0) is 22.0 Å². The van der Waals surface area contributed by atoms with E-state index in [9.17, 15) is 13.6 Å². The third-order valence-corrected chi connectivity index (χ3v) is 2.56. The Morgan fingerprint density at radius 3 is 2.71 bits per heavy atom. The number of halogens is 4. The molecule has 0 aliphatic heterocycles. The van der Waals surface area contributed by atoms with Crippen molar-refractivity contribution in [3.8, 4) is 0 Å². The highest BCUT2D eigenvalue weighted by Gasteiger charge is 2.17. The number of hydrogen-bond donors (Lipinski definition) is 0. The predicted octanol–water partition coefficient (Wildman–Crippen LogP) is 3.33.